The number of nitrogens with two attached hydrogens (primary N) is 2. The van der Waals surface area contributed by atoms with Gasteiger partial charge in [0.2, 0.25) is 0 Å². The third-order valence-corrected chi connectivity index (χ3v) is 3.48. The van der Waals surface area contributed by atoms with E-state index in [1.165, 1.54) is 5.56 Å². The van der Waals surface area contributed by atoms with Crippen LogP contribution >= 0.6 is 24.8 Å². The summed E-state index contributed by atoms with van der Waals surface area (Å²) in [5, 5.41) is 3.24. The Morgan fingerprint density at radius 2 is 2.00 bits per heavy atom. The van der Waals surface area contributed by atoms with E-state index in [1.807, 2.05) is 18.2 Å². The summed E-state index contributed by atoms with van der Waals surface area (Å²) in [7, 11) is 0. The summed E-state index contributed by atoms with van der Waals surface area (Å²) in [6.07, 6.45) is 2.56. The Balaban J connectivity index is 0.00000180. The minimum atomic E-state index is -0.389. The summed E-state index contributed by atoms with van der Waals surface area (Å²) in [6.45, 7) is 1.41. The Morgan fingerprint density at radius 1 is 1.30 bits per heavy atom. The highest BCUT2D eigenvalue weighted by Gasteiger charge is 2.30. The van der Waals surface area contributed by atoms with Gasteiger partial charge in [0.1, 0.15) is 0 Å². The number of benzene rings is 1. The van der Waals surface area contributed by atoms with E-state index in [0.717, 1.165) is 31.4 Å². The summed E-state index contributed by atoms with van der Waals surface area (Å²) in [5.41, 5.74) is 13.7. The molecule has 1 unspecified atom stereocenters. The third kappa shape index (κ3) is 4.43. The predicted molar refractivity (Wildman–Crippen MR) is 86.4 cm³/mol. The molecule has 5 N–H and O–H groups in total. The Bertz CT molecular complexity index is 429. The second-order valence-corrected chi connectivity index (χ2v) is 4.81. The van der Waals surface area contributed by atoms with Crippen LogP contribution in [0.25, 0.3) is 0 Å². The number of Topliss-reactive ketones (excluding diaryl/α,β-unsaturated/α-hetero) is 1. The molecule has 2 rings (SSSR count). The molecule has 1 aliphatic rings. The van der Waals surface area contributed by atoms with Crippen molar-refractivity contribution in [3.8, 4) is 0 Å². The molecule has 0 aromatic heterocycles. The maximum absolute atomic E-state index is 12.3. The molecule has 2 atom stereocenters. The average Bonchev–Trinajstić information content (AvgIpc) is 2.82. The molecule has 1 aromatic rings. The second kappa shape index (κ2) is 9.32. The highest BCUT2D eigenvalue weighted by molar-refractivity contribution is 5.90. The maximum atomic E-state index is 12.3. The molecule has 4 nitrogen and oxygen atoms in total. The van der Waals surface area contributed by atoms with Gasteiger partial charge in [0.05, 0.1) is 12.1 Å². The van der Waals surface area contributed by atoms with E-state index < -0.39 is 0 Å². The fourth-order valence-corrected chi connectivity index (χ4v) is 2.42. The van der Waals surface area contributed by atoms with Gasteiger partial charge in [-0.2, -0.15) is 0 Å². The quantitative estimate of drug-likeness (QED) is 0.697. The van der Waals surface area contributed by atoms with Crippen LogP contribution in [0.2, 0.25) is 0 Å². The van der Waals surface area contributed by atoms with Gasteiger partial charge in [-0.05, 0) is 30.5 Å². The lowest BCUT2D eigenvalue weighted by Crippen LogP contribution is -2.38. The number of carbonyl (C=O) groups is 1. The van der Waals surface area contributed by atoms with Gasteiger partial charge < -0.3 is 11.5 Å². The molecule has 0 bridgehead atoms. The molecule has 6 heteroatoms. The van der Waals surface area contributed by atoms with Crippen LogP contribution in [0.5, 0.6) is 0 Å². The van der Waals surface area contributed by atoms with Crippen LogP contribution in [0.1, 0.15) is 36.4 Å². The molecule has 20 heavy (non-hydrogen) atoms. The van der Waals surface area contributed by atoms with Gasteiger partial charge in [-0.1, -0.05) is 30.7 Å². The third-order valence-electron chi connectivity index (χ3n) is 3.48. The van der Waals surface area contributed by atoms with Gasteiger partial charge in [-0.3, -0.25) is 10.1 Å². The van der Waals surface area contributed by atoms with Crippen molar-refractivity contribution >= 4 is 30.6 Å². The summed E-state index contributed by atoms with van der Waals surface area (Å²) in [4.78, 5) is 12.3. The lowest BCUT2D eigenvalue weighted by molar-refractivity contribution is -0.122. The van der Waals surface area contributed by atoms with E-state index in [4.69, 9.17) is 11.5 Å². The summed E-state index contributed by atoms with van der Waals surface area (Å²) >= 11 is 0. The van der Waals surface area contributed by atoms with Crippen LogP contribution in [0.3, 0.4) is 0 Å². The number of halogens is 2. The normalized spacial score (nSPS) is 17.6. The number of rotatable bonds is 6. The monoisotopic (exact) mass is 319 g/mol. The topological polar surface area (TPSA) is 81.1 Å². The maximum Gasteiger partial charge on any atom is 0.170 e. The zero-order valence-corrected chi connectivity index (χ0v) is 13.0. The Morgan fingerprint density at radius 3 is 2.70 bits per heavy atom. The van der Waals surface area contributed by atoms with E-state index in [0.29, 0.717) is 6.54 Å². The van der Waals surface area contributed by atoms with Crippen molar-refractivity contribution in [2.24, 2.45) is 11.5 Å². The molecule has 1 heterocycles. The molecule has 0 spiro atoms. The summed E-state index contributed by atoms with van der Waals surface area (Å²) in [5.74, 6) is 0.0944. The first-order chi connectivity index (χ1) is 8.74. The smallest absolute Gasteiger partial charge is 0.170 e. The van der Waals surface area contributed by atoms with Crippen LogP contribution in [0, 0.1) is 0 Å². The minimum Gasteiger partial charge on any atom is -0.330 e. The lowest BCUT2D eigenvalue weighted by Gasteiger charge is -2.16. The van der Waals surface area contributed by atoms with E-state index in [2.05, 4.69) is 11.4 Å². The van der Waals surface area contributed by atoms with Crippen molar-refractivity contribution in [3.05, 3.63) is 35.4 Å². The van der Waals surface area contributed by atoms with Crippen molar-refractivity contribution < 1.29 is 4.79 Å². The van der Waals surface area contributed by atoms with E-state index in [-0.39, 0.29) is 42.7 Å². The van der Waals surface area contributed by atoms with Crippen molar-refractivity contribution in [2.45, 2.75) is 37.9 Å². The van der Waals surface area contributed by atoms with E-state index in [1.54, 1.807) is 0 Å². The average molecular weight is 320 g/mol. The molecule has 1 aliphatic heterocycles. The highest BCUT2D eigenvalue weighted by atomic mass is 35.5. The number of ketones is 1. The van der Waals surface area contributed by atoms with Crippen LogP contribution in [0.15, 0.2) is 24.3 Å². The summed E-state index contributed by atoms with van der Waals surface area (Å²) < 4.78 is 0. The molecule has 0 saturated heterocycles. The van der Waals surface area contributed by atoms with Gasteiger partial charge >= 0.3 is 0 Å². The van der Waals surface area contributed by atoms with E-state index >= 15 is 0 Å². The predicted octanol–water partition coefficient (Wildman–Crippen LogP) is 1.70. The Kier molecular flexibility index (Phi) is 9.01. The standard InChI is InChI=1S/C14H21N3O.2ClH/c15-8-4-3-7-12(16)14(18)13-11-6-2-1-5-10(11)9-17-13;;/h1-2,5-6,12-13,17H,3-4,7-9,15-16H2;2*1H/t12-,13?;;/m0../s1. The molecular formula is C14H23Cl2N3O. The first-order valence-corrected chi connectivity index (χ1v) is 6.54. The van der Waals surface area contributed by atoms with Crippen molar-refractivity contribution in [1.82, 2.24) is 5.32 Å². The van der Waals surface area contributed by atoms with E-state index in [9.17, 15) is 4.79 Å². The largest absolute Gasteiger partial charge is 0.330 e. The number of hydrogen-bond donors (Lipinski definition) is 3. The summed E-state index contributed by atoms with van der Waals surface area (Å²) in [6, 6.07) is 7.40. The number of unbranched alkanes of at least 4 members (excludes halogenated alkanes) is 1. The molecule has 0 saturated carbocycles. The van der Waals surface area contributed by atoms with Crippen LogP contribution < -0.4 is 16.8 Å². The zero-order valence-electron chi connectivity index (χ0n) is 11.4. The lowest BCUT2D eigenvalue weighted by atomic mass is 9.95. The first-order valence-electron chi connectivity index (χ1n) is 6.54. The van der Waals surface area contributed by atoms with Crippen molar-refractivity contribution in [2.75, 3.05) is 6.54 Å². The van der Waals surface area contributed by atoms with Crippen molar-refractivity contribution in [1.29, 1.82) is 0 Å². The van der Waals surface area contributed by atoms with Crippen LogP contribution in [-0.2, 0) is 11.3 Å². The molecule has 1 aromatic carbocycles. The van der Waals surface area contributed by atoms with Gasteiger partial charge in [0.15, 0.2) is 5.78 Å². The second-order valence-electron chi connectivity index (χ2n) is 4.81. The van der Waals surface area contributed by atoms with Gasteiger partial charge in [-0.25, -0.2) is 0 Å². The first kappa shape index (κ1) is 19.4. The van der Waals surface area contributed by atoms with Crippen LogP contribution in [0.4, 0.5) is 0 Å². The zero-order chi connectivity index (χ0) is 13.0. The number of hydrogen-bond acceptors (Lipinski definition) is 4. The Labute approximate surface area is 132 Å². The van der Waals surface area contributed by atoms with Gasteiger partial charge in [0.25, 0.3) is 0 Å². The fraction of sp³-hybridized carbons (Fsp3) is 0.500. The molecular weight excluding hydrogens is 297 g/mol. The van der Waals surface area contributed by atoms with Gasteiger partial charge in [-0.15, -0.1) is 24.8 Å². The van der Waals surface area contributed by atoms with Crippen molar-refractivity contribution in [3.63, 3.8) is 0 Å². The van der Waals surface area contributed by atoms with Gasteiger partial charge in [0, 0.05) is 6.54 Å². The SMILES string of the molecule is Cl.Cl.NCCCC[C@H](N)C(=O)C1NCc2ccccc21. The fourth-order valence-electron chi connectivity index (χ4n) is 2.42. The highest BCUT2D eigenvalue weighted by Crippen LogP contribution is 2.26. The number of fused-ring (bicyclic) bond motifs is 1. The molecule has 0 amide bonds. The Hall–Kier alpha value is -0.650. The number of nitrogens with one attached hydrogen (secondary N) is 1. The number of carbonyl (C=O) groups excluding carboxylic acids is 1. The molecule has 114 valence electrons. The minimum absolute atomic E-state index is 0. The van der Waals surface area contributed by atoms with Crippen LogP contribution in [-0.4, -0.2) is 18.4 Å². The molecule has 0 radical (unpaired) electrons. The molecule has 0 aliphatic carbocycles. The molecule has 0 fully saturated rings.